The topological polar surface area (TPSA) is 9.23 Å². The lowest BCUT2D eigenvalue weighted by molar-refractivity contribution is 0.335. The van der Waals surface area contributed by atoms with Crippen molar-refractivity contribution in [1.82, 2.24) is 0 Å². The molecular weight excluding hydrogens is 493 g/mol. The largest absolute Gasteiger partial charge is 0.493 e. The van der Waals surface area contributed by atoms with E-state index in [1.54, 1.807) is 0 Å². The third-order valence-corrected chi connectivity index (χ3v) is 11.9. The molecule has 1 unspecified atom stereocenters. The molecule has 0 saturated heterocycles. The lowest BCUT2D eigenvalue weighted by Gasteiger charge is -2.33. The highest BCUT2D eigenvalue weighted by molar-refractivity contribution is 6.79. The normalized spacial score (nSPS) is 15.0. The molecule has 38 heavy (non-hydrogen) atoms. The second-order valence-electron chi connectivity index (χ2n) is 11.7. The molecule has 0 heterocycles. The number of rotatable bonds is 7. The summed E-state index contributed by atoms with van der Waals surface area (Å²) in [4.78, 5) is 0. The molecule has 4 aromatic carbocycles. The van der Waals surface area contributed by atoms with E-state index in [1.807, 2.05) is 0 Å². The van der Waals surface area contributed by atoms with Gasteiger partial charge in [0.15, 0.2) is 0 Å². The van der Waals surface area contributed by atoms with Gasteiger partial charge in [-0.05, 0) is 59.7 Å². The number of benzene rings is 4. The van der Waals surface area contributed by atoms with Crippen LogP contribution in [-0.4, -0.2) is 24.9 Å². The van der Waals surface area contributed by atoms with E-state index in [0.29, 0.717) is 12.1 Å². The van der Waals surface area contributed by atoms with Crippen molar-refractivity contribution >= 4 is 35.2 Å². The Morgan fingerprint density at radius 3 is 1.89 bits per heavy atom. The summed E-state index contributed by atoms with van der Waals surface area (Å²) in [6, 6.07) is 31.0. The van der Waals surface area contributed by atoms with Crippen molar-refractivity contribution in [1.29, 1.82) is 0 Å². The van der Waals surface area contributed by atoms with Crippen molar-refractivity contribution in [3.63, 3.8) is 0 Å². The van der Waals surface area contributed by atoms with Gasteiger partial charge in [0.05, 0.1) is 14.7 Å². The minimum Gasteiger partial charge on any atom is -0.493 e. The molecule has 0 fully saturated rings. The second kappa shape index (κ2) is 10.5. The minimum atomic E-state index is -1.61. The predicted octanol–water partition coefficient (Wildman–Crippen LogP) is 7.39. The molecule has 0 spiro atoms. The van der Waals surface area contributed by atoms with E-state index < -0.39 is 8.07 Å². The molecule has 1 aliphatic carbocycles. The summed E-state index contributed by atoms with van der Waals surface area (Å²) in [6.07, 6.45) is 2.47. The van der Waals surface area contributed by atoms with Crippen molar-refractivity contribution in [2.24, 2.45) is 0 Å². The van der Waals surface area contributed by atoms with Gasteiger partial charge in [0.1, 0.15) is 5.75 Å². The molecule has 1 nitrogen and oxygen atoms in total. The fourth-order valence-corrected chi connectivity index (χ4v) is 9.67. The van der Waals surface area contributed by atoms with Gasteiger partial charge in [-0.25, -0.2) is 0 Å². The van der Waals surface area contributed by atoms with Gasteiger partial charge < -0.3 is 4.74 Å². The van der Waals surface area contributed by atoms with Gasteiger partial charge in [-0.1, -0.05) is 116 Å². The average Bonchev–Trinajstić information content (AvgIpc) is 3.30. The number of allylic oxidation sites excluding steroid dienone is 1. The van der Waals surface area contributed by atoms with Crippen LogP contribution < -0.4 is 9.92 Å². The molecule has 0 N–H and O–H groups in total. The molecule has 194 valence electrons. The van der Waals surface area contributed by atoms with E-state index in [2.05, 4.69) is 131 Å². The van der Waals surface area contributed by atoms with Crippen LogP contribution >= 0.6 is 0 Å². The lowest BCUT2D eigenvalue weighted by atomic mass is 9.80. The molecule has 0 aromatic heterocycles. The molecule has 3 heteroatoms. The summed E-state index contributed by atoms with van der Waals surface area (Å²) in [6.45, 7) is 15.0. The quantitative estimate of drug-likeness (QED) is 0.178. The summed E-state index contributed by atoms with van der Waals surface area (Å²) in [5.41, 5.74) is 12.9. The van der Waals surface area contributed by atoms with Gasteiger partial charge in [-0.15, -0.1) is 0 Å². The Hall–Kier alpha value is -3.15. The zero-order valence-corrected chi connectivity index (χ0v) is 26.9. The Morgan fingerprint density at radius 1 is 0.789 bits per heavy atom. The van der Waals surface area contributed by atoms with Crippen LogP contribution in [0.15, 0.2) is 84.9 Å². The maximum Gasteiger partial charge on any atom is 0.131 e. The maximum atomic E-state index is 6.78. The molecule has 0 aliphatic heterocycles. The van der Waals surface area contributed by atoms with Crippen LogP contribution in [0.1, 0.15) is 62.9 Å². The van der Waals surface area contributed by atoms with Gasteiger partial charge >= 0.3 is 0 Å². The van der Waals surface area contributed by atoms with Crippen molar-refractivity contribution in [2.45, 2.75) is 51.9 Å². The van der Waals surface area contributed by atoms with Gasteiger partial charge in [0.25, 0.3) is 0 Å². The van der Waals surface area contributed by atoms with Crippen molar-refractivity contribution in [2.75, 3.05) is 6.61 Å². The van der Waals surface area contributed by atoms with Gasteiger partial charge in [-0.2, -0.15) is 0 Å². The number of ether oxygens (including phenoxy) is 1. The number of fused-ring (bicyclic) bond motifs is 1. The Kier molecular flexibility index (Phi) is 7.35. The molecular formula is C35H40OSi2. The van der Waals surface area contributed by atoms with Crippen LogP contribution in [0.3, 0.4) is 0 Å². The zero-order chi connectivity index (χ0) is 27.0. The van der Waals surface area contributed by atoms with E-state index in [4.69, 9.17) is 4.74 Å². The zero-order valence-electron chi connectivity index (χ0n) is 23.9. The van der Waals surface area contributed by atoms with Crippen LogP contribution in [0.2, 0.25) is 19.6 Å². The van der Waals surface area contributed by atoms with Crippen LogP contribution in [0, 0.1) is 13.8 Å². The third-order valence-electron chi connectivity index (χ3n) is 8.30. The third kappa shape index (κ3) is 4.63. The van der Waals surface area contributed by atoms with Crippen LogP contribution in [0.25, 0.3) is 11.6 Å². The first-order valence-electron chi connectivity index (χ1n) is 13.9. The van der Waals surface area contributed by atoms with E-state index >= 15 is 0 Å². The first kappa shape index (κ1) is 26.5. The van der Waals surface area contributed by atoms with Crippen molar-refractivity contribution in [3.8, 4) is 5.75 Å². The molecule has 1 atom stereocenters. The van der Waals surface area contributed by atoms with E-state index in [1.165, 1.54) is 55.3 Å². The highest BCUT2D eigenvalue weighted by atomic mass is 28.3. The fourth-order valence-electron chi connectivity index (χ4n) is 6.43. The smallest absolute Gasteiger partial charge is 0.131 e. The standard InChI is InChI=1S/C35H40OSi2/c1-7-36-33-30(29-22-27-20-14-15-21-28(27)35(29)38(4,5)6)23(2)24(3)34(37)32(33)31(25-16-10-8-11-17-25)26-18-12-9-13-19-26/h8-22,31,35H,7H2,1-6,37H3. The lowest BCUT2D eigenvalue weighted by Crippen LogP contribution is -2.32. The van der Waals surface area contributed by atoms with Crippen molar-refractivity contribution < 1.29 is 4.74 Å². The van der Waals surface area contributed by atoms with Crippen molar-refractivity contribution in [3.05, 3.63) is 129 Å². The number of hydrogen-bond acceptors (Lipinski definition) is 1. The molecule has 0 radical (unpaired) electrons. The Morgan fingerprint density at radius 2 is 1.34 bits per heavy atom. The Balaban J connectivity index is 1.86. The van der Waals surface area contributed by atoms with Gasteiger partial charge in [0, 0.05) is 32.8 Å². The van der Waals surface area contributed by atoms with Crippen LogP contribution in [0.5, 0.6) is 5.75 Å². The van der Waals surface area contributed by atoms with E-state index in [-0.39, 0.29) is 5.92 Å². The second-order valence-corrected chi connectivity index (χ2v) is 18.0. The first-order chi connectivity index (χ1) is 18.2. The minimum absolute atomic E-state index is 0.124. The Bertz CT molecular complexity index is 1440. The summed E-state index contributed by atoms with van der Waals surface area (Å²) in [5, 5.41) is 1.47. The highest BCUT2D eigenvalue weighted by Crippen LogP contribution is 2.52. The molecule has 1 aliphatic rings. The Labute approximate surface area is 233 Å². The summed E-state index contributed by atoms with van der Waals surface area (Å²) in [5.74, 6) is 1.22. The molecule has 5 rings (SSSR count). The highest BCUT2D eigenvalue weighted by Gasteiger charge is 2.39. The van der Waals surface area contributed by atoms with E-state index in [9.17, 15) is 0 Å². The first-order valence-corrected chi connectivity index (χ1v) is 18.5. The predicted molar refractivity (Wildman–Crippen MR) is 171 cm³/mol. The number of hydrogen-bond donors (Lipinski definition) is 0. The maximum absolute atomic E-state index is 6.78. The van der Waals surface area contributed by atoms with Gasteiger partial charge in [0.2, 0.25) is 0 Å². The SMILES string of the molecule is CCOc1c(C2=Cc3ccccc3C2[Si](C)(C)C)c(C)c(C)c([SiH3])c1C(c1ccccc1)c1ccccc1. The molecule has 4 aromatic rings. The van der Waals surface area contributed by atoms with Crippen LogP contribution in [0.4, 0.5) is 0 Å². The molecule has 0 bridgehead atoms. The summed E-state index contributed by atoms with van der Waals surface area (Å²) in [7, 11) is -0.649. The fraction of sp³-hybridized carbons (Fsp3) is 0.257. The summed E-state index contributed by atoms with van der Waals surface area (Å²) >= 11 is 0. The molecule has 0 amide bonds. The van der Waals surface area contributed by atoms with Gasteiger partial charge in [-0.3, -0.25) is 0 Å². The van der Waals surface area contributed by atoms with Crippen LogP contribution in [-0.2, 0) is 0 Å². The average molecular weight is 533 g/mol. The monoisotopic (exact) mass is 532 g/mol. The van der Waals surface area contributed by atoms with E-state index in [0.717, 1.165) is 16.0 Å². The molecule has 0 saturated carbocycles. The summed E-state index contributed by atoms with van der Waals surface area (Å²) < 4.78 is 6.78.